The van der Waals surface area contributed by atoms with Crippen molar-refractivity contribution in [1.29, 1.82) is 10.5 Å². The zero-order valence-electron chi connectivity index (χ0n) is 12.6. The molecule has 1 aromatic carbocycles. The molecule has 0 atom stereocenters. The highest BCUT2D eigenvalue weighted by atomic mass is 32.2. The van der Waals surface area contributed by atoms with Crippen molar-refractivity contribution in [1.82, 2.24) is 10.3 Å². The number of hydrogen-bond acceptors (Lipinski definition) is 6. The van der Waals surface area contributed by atoms with Crippen LogP contribution in [0.2, 0.25) is 0 Å². The van der Waals surface area contributed by atoms with Gasteiger partial charge < -0.3 is 10.6 Å². The number of thiocyanates is 1. The fraction of sp³-hybridized carbons (Fsp3) is 0.0588. The third kappa shape index (κ3) is 5.16. The fourth-order valence-electron chi connectivity index (χ4n) is 1.76. The highest BCUT2D eigenvalue weighted by molar-refractivity contribution is 8.03. The van der Waals surface area contributed by atoms with Gasteiger partial charge in [-0.3, -0.25) is 9.78 Å². The second-order valence-electron chi connectivity index (χ2n) is 4.58. The standard InChI is InChI=1S/C17H13N5OS/c18-8-14(17(23)22-10-13-2-1-7-20-9-13)11-21-15-3-5-16(6-4-15)24-12-19/h1-7,9,11,21H,10H2,(H,22,23)/b14-11-. The fourth-order valence-corrected chi connectivity index (χ4v) is 2.13. The number of rotatable bonds is 6. The van der Waals surface area contributed by atoms with Crippen molar-refractivity contribution < 1.29 is 4.79 Å². The lowest BCUT2D eigenvalue weighted by atomic mass is 10.2. The van der Waals surface area contributed by atoms with Crippen molar-refractivity contribution >= 4 is 23.4 Å². The Morgan fingerprint density at radius 1 is 1.25 bits per heavy atom. The van der Waals surface area contributed by atoms with Crippen LogP contribution in [-0.2, 0) is 11.3 Å². The van der Waals surface area contributed by atoms with E-state index in [-0.39, 0.29) is 5.57 Å². The molecular weight excluding hydrogens is 322 g/mol. The van der Waals surface area contributed by atoms with E-state index in [4.69, 9.17) is 10.5 Å². The summed E-state index contributed by atoms with van der Waals surface area (Å²) < 4.78 is 0. The number of thioether (sulfide) groups is 1. The van der Waals surface area contributed by atoms with Crippen molar-refractivity contribution in [2.75, 3.05) is 5.32 Å². The van der Waals surface area contributed by atoms with Gasteiger partial charge in [-0.1, -0.05) is 6.07 Å². The molecule has 0 saturated carbocycles. The molecule has 6 nitrogen and oxygen atoms in total. The number of carbonyl (C=O) groups excluding carboxylic acids is 1. The van der Waals surface area contributed by atoms with Gasteiger partial charge in [0.25, 0.3) is 5.91 Å². The van der Waals surface area contributed by atoms with E-state index in [0.29, 0.717) is 12.2 Å². The molecule has 0 unspecified atom stereocenters. The van der Waals surface area contributed by atoms with Gasteiger partial charge in [0.15, 0.2) is 0 Å². The van der Waals surface area contributed by atoms with Crippen molar-refractivity contribution in [2.24, 2.45) is 0 Å². The molecule has 1 amide bonds. The summed E-state index contributed by atoms with van der Waals surface area (Å²) in [5.41, 5.74) is 1.53. The molecule has 0 spiro atoms. The van der Waals surface area contributed by atoms with Gasteiger partial charge in [-0.25, -0.2) is 0 Å². The number of pyridine rings is 1. The van der Waals surface area contributed by atoms with Crippen molar-refractivity contribution in [2.45, 2.75) is 11.4 Å². The number of carbonyl (C=O) groups is 1. The van der Waals surface area contributed by atoms with Gasteiger partial charge in [0.2, 0.25) is 0 Å². The van der Waals surface area contributed by atoms with Crippen LogP contribution in [0.3, 0.4) is 0 Å². The van der Waals surface area contributed by atoms with Crippen LogP contribution in [0.15, 0.2) is 65.5 Å². The molecule has 1 heterocycles. The van der Waals surface area contributed by atoms with E-state index in [0.717, 1.165) is 22.2 Å². The van der Waals surface area contributed by atoms with Crippen LogP contribution in [-0.4, -0.2) is 10.9 Å². The minimum Gasteiger partial charge on any atom is -0.360 e. The van der Waals surface area contributed by atoms with E-state index in [1.807, 2.05) is 17.5 Å². The Hall–Kier alpha value is -3.29. The molecule has 0 aliphatic heterocycles. The van der Waals surface area contributed by atoms with E-state index >= 15 is 0 Å². The lowest BCUT2D eigenvalue weighted by Gasteiger charge is -2.05. The second kappa shape index (κ2) is 8.99. The molecule has 2 aromatic rings. The minimum absolute atomic E-state index is 0.0330. The zero-order valence-corrected chi connectivity index (χ0v) is 13.4. The average Bonchev–Trinajstić information content (AvgIpc) is 2.63. The van der Waals surface area contributed by atoms with Gasteiger partial charge in [-0.2, -0.15) is 10.5 Å². The van der Waals surface area contributed by atoms with E-state index in [9.17, 15) is 4.79 Å². The second-order valence-corrected chi connectivity index (χ2v) is 5.43. The first kappa shape index (κ1) is 17.1. The van der Waals surface area contributed by atoms with E-state index < -0.39 is 5.91 Å². The molecular formula is C17H13N5OS. The largest absolute Gasteiger partial charge is 0.360 e. The molecule has 1 aromatic heterocycles. The van der Waals surface area contributed by atoms with Crippen LogP contribution in [0, 0.1) is 22.0 Å². The van der Waals surface area contributed by atoms with Crippen LogP contribution in [0.1, 0.15) is 5.56 Å². The summed E-state index contributed by atoms with van der Waals surface area (Å²) in [6.45, 7) is 0.297. The smallest absolute Gasteiger partial charge is 0.263 e. The zero-order chi connectivity index (χ0) is 17.2. The quantitative estimate of drug-likeness (QED) is 0.364. The Bertz CT molecular complexity index is 804. The molecule has 0 saturated heterocycles. The highest BCUT2D eigenvalue weighted by Gasteiger charge is 2.08. The maximum Gasteiger partial charge on any atom is 0.263 e. The number of aromatic nitrogens is 1. The average molecular weight is 335 g/mol. The summed E-state index contributed by atoms with van der Waals surface area (Å²) in [6.07, 6.45) is 4.65. The van der Waals surface area contributed by atoms with E-state index in [2.05, 4.69) is 15.6 Å². The molecule has 0 aliphatic rings. The van der Waals surface area contributed by atoms with Crippen LogP contribution in [0.4, 0.5) is 5.69 Å². The van der Waals surface area contributed by atoms with Crippen LogP contribution < -0.4 is 10.6 Å². The summed E-state index contributed by atoms with van der Waals surface area (Å²) in [5, 5.41) is 25.3. The molecule has 0 fully saturated rings. The SMILES string of the molecule is N#CSc1ccc(N/C=C(/C#N)C(=O)NCc2cccnc2)cc1. The molecule has 7 heteroatoms. The molecule has 24 heavy (non-hydrogen) atoms. The third-order valence-corrected chi connectivity index (χ3v) is 3.54. The minimum atomic E-state index is -0.467. The molecule has 118 valence electrons. The summed E-state index contributed by atoms with van der Waals surface area (Å²) >= 11 is 1.06. The third-order valence-electron chi connectivity index (χ3n) is 2.94. The van der Waals surface area contributed by atoms with Gasteiger partial charge in [0.1, 0.15) is 17.0 Å². The summed E-state index contributed by atoms with van der Waals surface area (Å²) in [7, 11) is 0. The predicted octanol–water partition coefficient (Wildman–Crippen LogP) is 2.79. The highest BCUT2D eigenvalue weighted by Crippen LogP contribution is 2.19. The number of hydrogen-bond donors (Lipinski definition) is 2. The van der Waals surface area contributed by atoms with Gasteiger partial charge >= 0.3 is 0 Å². The lowest BCUT2D eigenvalue weighted by molar-refractivity contribution is -0.117. The normalized spacial score (nSPS) is 10.3. The number of anilines is 1. The van der Waals surface area contributed by atoms with Gasteiger partial charge in [0.05, 0.1) is 0 Å². The topological polar surface area (TPSA) is 102 Å². The predicted molar refractivity (Wildman–Crippen MR) is 91.3 cm³/mol. The Kier molecular flexibility index (Phi) is 6.39. The van der Waals surface area contributed by atoms with Gasteiger partial charge in [0, 0.05) is 35.7 Å². The number of nitrogens with zero attached hydrogens (tertiary/aromatic N) is 3. The van der Waals surface area contributed by atoms with Crippen LogP contribution >= 0.6 is 11.8 Å². The summed E-state index contributed by atoms with van der Waals surface area (Å²) in [6, 6.07) is 12.6. The van der Waals surface area contributed by atoms with Crippen LogP contribution in [0.25, 0.3) is 0 Å². The summed E-state index contributed by atoms with van der Waals surface area (Å²) in [4.78, 5) is 16.8. The monoisotopic (exact) mass is 335 g/mol. The molecule has 2 N–H and O–H groups in total. The van der Waals surface area contributed by atoms with E-state index in [1.165, 1.54) is 6.20 Å². The van der Waals surface area contributed by atoms with E-state index in [1.54, 1.807) is 42.7 Å². The van der Waals surface area contributed by atoms with Crippen molar-refractivity contribution in [3.63, 3.8) is 0 Å². The Balaban J connectivity index is 1.94. The van der Waals surface area contributed by atoms with Crippen molar-refractivity contribution in [3.8, 4) is 11.5 Å². The maximum atomic E-state index is 12.0. The first-order chi connectivity index (χ1) is 11.7. The number of nitrogens with one attached hydrogen (secondary N) is 2. The van der Waals surface area contributed by atoms with Gasteiger partial charge in [-0.05, 0) is 47.7 Å². The van der Waals surface area contributed by atoms with Gasteiger partial charge in [-0.15, -0.1) is 0 Å². The molecule has 0 bridgehead atoms. The van der Waals surface area contributed by atoms with Crippen LogP contribution in [0.5, 0.6) is 0 Å². The molecule has 2 rings (SSSR count). The number of amides is 1. The number of nitriles is 2. The maximum absolute atomic E-state index is 12.0. The lowest BCUT2D eigenvalue weighted by Crippen LogP contribution is -2.24. The first-order valence-corrected chi connectivity index (χ1v) is 7.74. The Morgan fingerprint density at radius 3 is 2.67 bits per heavy atom. The van der Waals surface area contributed by atoms with Crippen molar-refractivity contribution in [3.05, 3.63) is 66.1 Å². The first-order valence-electron chi connectivity index (χ1n) is 6.93. The Morgan fingerprint density at radius 2 is 2.04 bits per heavy atom. The molecule has 0 radical (unpaired) electrons. The summed E-state index contributed by atoms with van der Waals surface area (Å²) in [5.74, 6) is -0.467. The Labute approximate surface area is 143 Å². The molecule has 0 aliphatic carbocycles. The number of benzene rings is 1.